The molecular weight excluding hydrogens is 1200 g/mol. The number of hydrogen-bond acceptors (Lipinski definition) is 24. The third kappa shape index (κ3) is 20.7. The molecular formula is C60H76O24Zr. The van der Waals surface area contributed by atoms with Crippen molar-refractivity contribution < 1.29 is 142 Å². The molecule has 0 aliphatic carbocycles. The maximum absolute atomic E-state index is 12.6. The number of para-hydroxylation sites is 4. The molecule has 4 rings (SSSR count). The van der Waals surface area contributed by atoms with Crippen LogP contribution in [0.25, 0.3) is 0 Å². The van der Waals surface area contributed by atoms with Crippen molar-refractivity contribution >= 4 is 47.0 Å². The van der Waals surface area contributed by atoms with Gasteiger partial charge in [0.15, 0.2) is 0 Å². The van der Waals surface area contributed by atoms with Crippen LogP contribution < -0.4 is 39.4 Å². The molecule has 0 aliphatic heterocycles. The minimum atomic E-state index is -2.46. The van der Waals surface area contributed by atoms with Crippen LogP contribution in [0.4, 0.5) is 0 Å². The van der Waals surface area contributed by atoms with E-state index in [1.165, 1.54) is 24.3 Å². The second kappa shape index (κ2) is 40.5. The molecule has 0 aliphatic rings. The predicted octanol–water partition coefficient (Wildman–Crippen LogP) is 3.15. The Bertz CT molecular complexity index is 2340. The van der Waals surface area contributed by atoms with Gasteiger partial charge in [-0.05, 0) is 132 Å². The van der Waals surface area contributed by atoms with Gasteiger partial charge in [0.2, 0.25) is 23.1 Å². The molecule has 4 aromatic carbocycles. The van der Waals surface area contributed by atoms with E-state index in [1.807, 2.05) is 0 Å². The maximum Gasteiger partial charge on any atom is 4.00 e. The van der Waals surface area contributed by atoms with E-state index in [0.29, 0.717) is 26.4 Å². The van der Waals surface area contributed by atoms with Crippen molar-refractivity contribution in [2.24, 2.45) is 0 Å². The van der Waals surface area contributed by atoms with Gasteiger partial charge in [-0.25, -0.2) is 0 Å². The normalized spacial score (nSPS) is 11.1. The first kappa shape index (κ1) is 78.2. The average molecular weight is 1270 g/mol. The van der Waals surface area contributed by atoms with E-state index in [0.717, 1.165) is 0 Å². The topological polar surface area (TPSA) is 340 Å². The fourth-order valence-electron chi connectivity index (χ4n) is 7.61. The minimum Gasteiger partial charge on any atom is -0.544 e. The SMILES string of the molecule is CCOc1ccccc1C(=O)C(OCC)(OCC)C(=O)[O-].CCOc1ccccc1C(=O)C(OCC)(OCC)C(=O)[O-].CCOc1ccccc1C(=O)C(OCC)(OCC)C(=O)[O-].CCOc1ccccc1C(=O)C(OCC)(OCC)C(=O)[O-].[Zr+4]. The zero-order valence-corrected chi connectivity index (χ0v) is 52.5. The summed E-state index contributed by atoms with van der Waals surface area (Å²) < 4.78 is 62.1. The largest absolute Gasteiger partial charge is 4.00 e. The Morgan fingerprint density at radius 3 is 0.529 bits per heavy atom. The molecule has 0 amide bonds. The van der Waals surface area contributed by atoms with Gasteiger partial charge in [-0.3, -0.25) is 19.2 Å². The summed E-state index contributed by atoms with van der Waals surface area (Å²) in [6, 6.07) is 25.3. The van der Waals surface area contributed by atoms with E-state index < -0.39 is 70.2 Å². The second-order valence-corrected chi connectivity index (χ2v) is 16.1. The fourth-order valence-corrected chi connectivity index (χ4v) is 7.61. The summed E-state index contributed by atoms with van der Waals surface area (Å²) in [5, 5.41) is 45.9. The molecule has 0 radical (unpaired) electrons. The zero-order chi connectivity index (χ0) is 63.5. The van der Waals surface area contributed by atoms with Crippen molar-refractivity contribution in [3.8, 4) is 23.0 Å². The molecule has 0 N–H and O–H groups in total. The Balaban J connectivity index is 0.00000110. The molecule has 0 unspecified atom stereocenters. The molecule has 0 bridgehead atoms. The van der Waals surface area contributed by atoms with Crippen molar-refractivity contribution in [2.75, 3.05) is 79.3 Å². The quantitative estimate of drug-likeness (QED) is 0.0358. The number of aliphatic carboxylic acids is 4. The van der Waals surface area contributed by atoms with E-state index in [2.05, 4.69) is 0 Å². The third-order valence-corrected chi connectivity index (χ3v) is 10.8. The molecule has 25 heteroatoms. The molecule has 85 heavy (non-hydrogen) atoms. The van der Waals surface area contributed by atoms with Crippen LogP contribution in [-0.4, -0.2) is 149 Å². The first-order valence-electron chi connectivity index (χ1n) is 27.2. The Kier molecular flexibility index (Phi) is 37.3. The molecule has 0 saturated carbocycles. The fraction of sp³-hybridized carbons (Fsp3) is 0.467. The van der Waals surface area contributed by atoms with E-state index in [4.69, 9.17) is 56.8 Å². The van der Waals surface area contributed by atoms with Gasteiger partial charge in [0.25, 0.3) is 23.1 Å². The number of ketones is 4. The van der Waals surface area contributed by atoms with Crippen molar-refractivity contribution in [2.45, 2.75) is 106 Å². The van der Waals surface area contributed by atoms with E-state index in [1.54, 1.807) is 156 Å². The smallest absolute Gasteiger partial charge is 0.544 e. The number of ether oxygens (including phenoxy) is 12. The Morgan fingerprint density at radius 1 is 0.271 bits per heavy atom. The standard InChI is InChI=1S/4C15H20O6.Zr/c4*1-4-19-12-10-8-7-9-11(12)13(16)15(14(17)18,20-5-2)21-6-3;/h4*7-10H,4-6H2,1-3H3,(H,17,18);/q;;;;+4/p-4. The average Bonchev–Trinajstić information content (AvgIpc) is 2.62. The van der Waals surface area contributed by atoms with E-state index in [9.17, 15) is 58.8 Å². The number of hydrogen-bond donors (Lipinski definition) is 0. The second-order valence-electron chi connectivity index (χ2n) is 16.1. The van der Waals surface area contributed by atoms with E-state index >= 15 is 0 Å². The summed E-state index contributed by atoms with van der Waals surface area (Å²) in [4.78, 5) is 96.4. The van der Waals surface area contributed by atoms with Gasteiger partial charge in [-0.1, -0.05) is 48.5 Å². The van der Waals surface area contributed by atoms with Crippen molar-refractivity contribution in [1.82, 2.24) is 0 Å². The first-order valence-corrected chi connectivity index (χ1v) is 27.2. The van der Waals surface area contributed by atoms with E-state index in [-0.39, 0.29) is 124 Å². The predicted molar refractivity (Wildman–Crippen MR) is 292 cm³/mol. The minimum absolute atomic E-state index is 0. The number of carboxylic acid groups (broad SMARTS) is 4. The number of carbonyl (C=O) groups is 8. The Hall–Kier alpha value is -6.80. The van der Waals surface area contributed by atoms with Crippen LogP contribution in [0.2, 0.25) is 0 Å². The van der Waals surface area contributed by atoms with Crippen LogP contribution in [-0.2, 0) is 83.3 Å². The summed E-state index contributed by atoms with van der Waals surface area (Å²) in [5.41, 5.74) is 0.298. The Labute approximate surface area is 514 Å². The van der Waals surface area contributed by atoms with Crippen LogP contribution in [0.15, 0.2) is 97.1 Å². The number of rotatable bonds is 36. The van der Waals surface area contributed by atoms with Crippen molar-refractivity contribution in [3.05, 3.63) is 119 Å². The zero-order valence-electron chi connectivity index (χ0n) is 50.0. The maximum atomic E-state index is 12.6. The van der Waals surface area contributed by atoms with Crippen LogP contribution in [0.3, 0.4) is 0 Å². The van der Waals surface area contributed by atoms with Gasteiger partial charge in [-0.2, -0.15) is 0 Å². The number of carbonyl (C=O) groups excluding carboxylic acids is 8. The molecule has 0 aromatic heterocycles. The van der Waals surface area contributed by atoms with Gasteiger partial charge in [0, 0.05) is 52.9 Å². The summed E-state index contributed by atoms with van der Waals surface area (Å²) in [5.74, 6) is -19.1. The number of carboxylic acids is 4. The molecule has 0 fully saturated rings. The van der Waals surface area contributed by atoms with Gasteiger partial charge in [0.1, 0.15) is 46.9 Å². The molecule has 464 valence electrons. The first-order chi connectivity index (χ1) is 40.1. The molecule has 24 nitrogen and oxygen atoms in total. The molecule has 0 heterocycles. The van der Waals surface area contributed by atoms with Gasteiger partial charge in [0.05, 0.1) is 48.7 Å². The van der Waals surface area contributed by atoms with Crippen molar-refractivity contribution in [1.29, 1.82) is 0 Å². The molecule has 0 spiro atoms. The van der Waals surface area contributed by atoms with Crippen LogP contribution in [0, 0.1) is 0 Å². The van der Waals surface area contributed by atoms with Crippen LogP contribution in [0.5, 0.6) is 23.0 Å². The number of benzene rings is 4. The Morgan fingerprint density at radius 2 is 0.412 bits per heavy atom. The van der Waals surface area contributed by atoms with Gasteiger partial charge < -0.3 is 96.4 Å². The molecule has 0 saturated heterocycles. The summed E-state index contributed by atoms with van der Waals surface area (Å²) in [6.45, 7) is 20.8. The molecule has 4 aromatic rings. The van der Waals surface area contributed by atoms with Crippen LogP contribution in [0.1, 0.15) is 125 Å². The molecule has 0 atom stereocenters. The van der Waals surface area contributed by atoms with Crippen LogP contribution >= 0.6 is 0 Å². The van der Waals surface area contributed by atoms with Gasteiger partial charge in [-0.15, -0.1) is 0 Å². The third-order valence-electron chi connectivity index (χ3n) is 10.8. The summed E-state index contributed by atoms with van der Waals surface area (Å²) in [6.07, 6.45) is 0. The van der Waals surface area contributed by atoms with Gasteiger partial charge >= 0.3 is 26.2 Å². The summed E-state index contributed by atoms with van der Waals surface area (Å²) in [7, 11) is 0. The number of Topliss-reactive ketones (excluding diaryl/α,β-unsaturated/α-hetero) is 4. The van der Waals surface area contributed by atoms with Crippen molar-refractivity contribution in [3.63, 3.8) is 0 Å². The summed E-state index contributed by atoms with van der Waals surface area (Å²) >= 11 is 0. The monoisotopic (exact) mass is 1270 g/mol.